The molecule has 0 aliphatic heterocycles. The molecule has 8 heteroatoms. The van der Waals surface area contributed by atoms with Gasteiger partial charge in [-0.2, -0.15) is 0 Å². The largest absolute Gasteiger partial charge is 0.462 e. The Morgan fingerprint density at radius 1 is 1.26 bits per heavy atom. The molecular formula is C19H15ClF2N2O3. The van der Waals surface area contributed by atoms with E-state index in [4.69, 9.17) is 16.3 Å². The Hall–Kier alpha value is -2.93. The number of halogens is 3. The van der Waals surface area contributed by atoms with Crippen molar-refractivity contribution in [3.8, 4) is 0 Å². The third-order valence-corrected chi connectivity index (χ3v) is 4.26. The molecule has 0 saturated carbocycles. The van der Waals surface area contributed by atoms with Gasteiger partial charge >= 0.3 is 5.97 Å². The van der Waals surface area contributed by atoms with Crippen molar-refractivity contribution in [3.63, 3.8) is 0 Å². The summed E-state index contributed by atoms with van der Waals surface area (Å²) in [6.07, 6.45) is 0. The molecule has 27 heavy (non-hydrogen) atoms. The molecule has 0 aliphatic carbocycles. The third-order valence-electron chi connectivity index (χ3n) is 3.95. The number of carbonyl (C=O) groups is 1. The van der Waals surface area contributed by atoms with Gasteiger partial charge in [-0.1, -0.05) is 29.8 Å². The number of aromatic amines is 1. The summed E-state index contributed by atoms with van der Waals surface area (Å²) in [5.74, 6) is -2.26. The number of pyridine rings is 1. The minimum Gasteiger partial charge on any atom is -0.462 e. The number of rotatable bonds is 5. The summed E-state index contributed by atoms with van der Waals surface area (Å²) in [5, 5.41) is 3.65. The first kappa shape index (κ1) is 18.8. The van der Waals surface area contributed by atoms with Crippen LogP contribution in [0.5, 0.6) is 0 Å². The Morgan fingerprint density at radius 2 is 2.04 bits per heavy atom. The molecular weight excluding hydrogens is 378 g/mol. The minimum absolute atomic E-state index is 0.0798. The van der Waals surface area contributed by atoms with Crippen molar-refractivity contribution in [1.82, 2.24) is 4.98 Å². The van der Waals surface area contributed by atoms with E-state index in [1.807, 2.05) is 0 Å². The van der Waals surface area contributed by atoms with Gasteiger partial charge < -0.3 is 15.0 Å². The Balaban J connectivity index is 2.13. The van der Waals surface area contributed by atoms with Gasteiger partial charge in [0.05, 0.1) is 22.8 Å². The first-order valence-corrected chi connectivity index (χ1v) is 8.49. The zero-order valence-electron chi connectivity index (χ0n) is 14.2. The molecule has 0 unspecified atom stereocenters. The van der Waals surface area contributed by atoms with Crippen molar-refractivity contribution in [3.05, 3.63) is 74.5 Å². The Kier molecular flexibility index (Phi) is 5.41. The van der Waals surface area contributed by atoms with Crippen LogP contribution in [0, 0.1) is 11.6 Å². The Labute approximate surface area is 157 Å². The maximum absolute atomic E-state index is 13.9. The number of anilines is 1. The highest BCUT2D eigenvalue weighted by atomic mass is 35.5. The van der Waals surface area contributed by atoms with E-state index in [-0.39, 0.29) is 35.0 Å². The molecule has 0 aliphatic rings. The molecule has 1 aromatic heterocycles. The third kappa shape index (κ3) is 3.78. The van der Waals surface area contributed by atoms with Crippen LogP contribution in [0.4, 0.5) is 14.5 Å². The second kappa shape index (κ2) is 7.75. The fourth-order valence-corrected chi connectivity index (χ4v) is 2.94. The lowest BCUT2D eigenvalue weighted by Crippen LogP contribution is -2.23. The van der Waals surface area contributed by atoms with E-state index in [9.17, 15) is 18.4 Å². The highest BCUT2D eigenvalue weighted by molar-refractivity contribution is 6.35. The SMILES string of the molecule is CCOC(=O)c1c(NCc2ccc(F)cc2F)c2cccc(Cl)c2[nH]c1=O. The van der Waals surface area contributed by atoms with Crippen LogP contribution in [-0.4, -0.2) is 17.6 Å². The van der Waals surface area contributed by atoms with Crippen LogP contribution in [0.1, 0.15) is 22.8 Å². The second-order valence-electron chi connectivity index (χ2n) is 5.68. The zero-order valence-corrected chi connectivity index (χ0v) is 15.0. The van der Waals surface area contributed by atoms with Crippen molar-refractivity contribution in [2.45, 2.75) is 13.5 Å². The second-order valence-corrected chi connectivity index (χ2v) is 6.08. The average Bonchev–Trinajstić information content (AvgIpc) is 2.61. The summed E-state index contributed by atoms with van der Waals surface area (Å²) < 4.78 is 32.0. The number of fused-ring (bicyclic) bond motifs is 1. The number of carbonyl (C=O) groups excluding carboxylic acids is 1. The molecule has 0 spiro atoms. The van der Waals surface area contributed by atoms with Crippen LogP contribution in [0.25, 0.3) is 10.9 Å². The van der Waals surface area contributed by atoms with Gasteiger partial charge in [0, 0.05) is 23.6 Å². The summed E-state index contributed by atoms with van der Waals surface area (Å²) in [6, 6.07) is 8.07. The molecule has 0 radical (unpaired) electrons. The van der Waals surface area contributed by atoms with Crippen LogP contribution in [-0.2, 0) is 11.3 Å². The van der Waals surface area contributed by atoms with Crippen LogP contribution in [0.3, 0.4) is 0 Å². The molecule has 0 fully saturated rings. The Morgan fingerprint density at radius 3 is 2.74 bits per heavy atom. The van der Waals surface area contributed by atoms with Gasteiger partial charge in [-0.25, -0.2) is 13.6 Å². The molecule has 0 amide bonds. The van der Waals surface area contributed by atoms with Crippen molar-refractivity contribution in [1.29, 1.82) is 0 Å². The van der Waals surface area contributed by atoms with E-state index in [1.165, 1.54) is 6.07 Å². The zero-order chi connectivity index (χ0) is 19.6. The van der Waals surface area contributed by atoms with Gasteiger partial charge in [0.25, 0.3) is 5.56 Å². The number of ether oxygens (including phenoxy) is 1. The summed E-state index contributed by atoms with van der Waals surface area (Å²) >= 11 is 6.14. The standard InChI is InChI=1S/C19H15ClF2N2O3/c1-2-27-19(26)15-17(23-9-10-6-7-11(21)8-14(10)22)12-4-3-5-13(20)16(12)24-18(15)25/h3-8H,2,9H2,1H3,(H2,23,24,25). The van der Waals surface area contributed by atoms with Crippen molar-refractivity contribution in [2.24, 2.45) is 0 Å². The minimum atomic E-state index is -0.817. The predicted molar refractivity (Wildman–Crippen MR) is 99.2 cm³/mol. The average molecular weight is 393 g/mol. The van der Waals surface area contributed by atoms with Gasteiger partial charge in [-0.3, -0.25) is 4.79 Å². The van der Waals surface area contributed by atoms with Gasteiger partial charge in [-0.05, 0) is 19.1 Å². The molecule has 3 rings (SSSR count). The summed E-state index contributed by atoms with van der Waals surface area (Å²) in [7, 11) is 0. The number of hydrogen-bond donors (Lipinski definition) is 2. The molecule has 5 nitrogen and oxygen atoms in total. The number of para-hydroxylation sites is 1. The van der Waals surface area contributed by atoms with Crippen molar-refractivity contribution < 1.29 is 18.3 Å². The van der Waals surface area contributed by atoms with Crippen LogP contribution >= 0.6 is 11.6 Å². The number of hydrogen-bond acceptors (Lipinski definition) is 4. The molecule has 0 atom stereocenters. The van der Waals surface area contributed by atoms with Crippen LogP contribution < -0.4 is 10.9 Å². The number of nitrogens with one attached hydrogen (secondary N) is 2. The quantitative estimate of drug-likeness (QED) is 0.637. The monoisotopic (exact) mass is 392 g/mol. The van der Waals surface area contributed by atoms with Gasteiger partial charge in [0.2, 0.25) is 0 Å². The van der Waals surface area contributed by atoms with E-state index >= 15 is 0 Å². The lowest BCUT2D eigenvalue weighted by atomic mass is 10.1. The molecule has 2 aromatic carbocycles. The number of H-pyrrole nitrogens is 1. The maximum atomic E-state index is 13.9. The van der Waals surface area contributed by atoms with E-state index in [2.05, 4.69) is 10.3 Å². The normalized spacial score (nSPS) is 10.8. The first-order chi connectivity index (χ1) is 12.9. The fraction of sp³-hybridized carbons (Fsp3) is 0.158. The van der Waals surface area contributed by atoms with E-state index < -0.39 is 23.2 Å². The van der Waals surface area contributed by atoms with E-state index in [1.54, 1.807) is 25.1 Å². The van der Waals surface area contributed by atoms with Crippen molar-refractivity contribution in [2.75, 3.05) is 11.9 Å². The highest BCUT2D eigenvalue weighted by Gasteiger charge is 2.21. The van der Waals surface area contributed by atoms with E-state index in [0.717, 1.165) is 12.1 Å². The van der Waals surface area contributed by atoms with Crippen LogP contribution in [0.2, 0.25) is 5.02 Å². The summed E-state index contributed by atoms with van der Waals surface area (Å²) in [4.78, 5) is 27.3. The smallest absolute Gasteiger partial charge is 0.345 e. The van der Waals surface area contributed by atoms with Gasteiger partial charge in [0.1, 0.15) is 17.2 Å². The lowest BCUT2D eigenvalue weighted by molar-refractivity contribution is 0.0525. The van der Waals surface area contributed by atoms with Gasteiger partial charge in [0.15, 0.2) is 0 Å². The van der Waals surface area contributed by atoms with Crippen molar-refractivity contribution >= 4 is 34.2 Å². The predicted octanol–water partition coefficient (Wildman–Crippen LogP) is 4.25. The lowest BCUT2D eigenvalue weighted by Gasteiger charge is -2.15. The molecule has 140 valence electrons. The molecule has 0 bridgehead atoms. The molecule has 1 heterocycles. The maximum Gasteiger partial charge on any atom is 0.345 e. The van der Waals surface area contributed by atoms with Gasteiger partial charge in [-0.15, -0.1) is 0 Å². The summed E-state index contributed by atoms with van der Waals surface area (Å²) in [6.45, 7) is 1.62. The molecule has 3 aromatic rings. The molecule has 0 saturated heterocycles. The summed E-state index contributed by atoms with van der Waals surface area (Å²) in [5.41, 5.74) is -0.260. The highest BCUT2D eigenvalue weighted by Crippen LogP contribution is 2.29. The number of aromatic nitrogens is 1. The van der Waals surface area contributed by atoms with Crippen LogP contribution in [0.15, 0.2) is 41.2 Å². The number of esters is 1. The topological polar surface area (TPSA) is 71.2 Å². The molecule has 2 N–H and O–H groups in total. The first-order valence-electron chi connectivity index (χ1n) is 8.11. The van der Waals surface area contributed by atoms with E-state index in [0.29, 0.717) is 10.9 Å². The fourth-order valence-electron chi connectivity index (χ4n) is 2.71. The Bertz CT molecular complexity index is 1080. The number of benzene rings is 2.